The van der Waals surface area contributed by atoms with E-state index in [1.165, 1.54) is 55.1 Å². The molecule has 7 rings (SSSR count). The minimum Gasteiger partial charge on any atom is -0.0622 e. The zero-order valence-electron chi connectivity index (χ0n) is 20.9. The standard InChI is InChI=1S/C38H25/c1-5-15-27(16-6-1)34-26-32-25-31-23-13-14-24-33(31)35(28-17-7-2-8-18-28)38(32)37(30-21-11-4-12-22-30)36(34)29-19-9-3-10-20-29/h1-25H. The van der Waals surface area contributed by atoms with E-state index in [4.69, 9.17) is 0 Å². The van der Waals surface area contributed by atoms with Gasteiger partial charge in [-0.3, -0.25) is 0 Å². The maximum Gasteiger partial charge on any atom is -0.000696 e. The van der Waals surface area contributed by atoms with Crippen molar-refractivity contribution in [2.45, 2.75) is 0 Å². The van der Waals surface area contributed by atoms with Crippen LogP contribution in [0.3, 0.4) is 0 Å². The fraction of sp³-hybridized carbons (Fsp3) is 0. The molecule has 38 heavy (non-hydrogen) atoms. The maximum atomic E-state index is 3.92. The minimum absolute atomic E-state index is 1.12. The fourth-order valence-corrected chi connectivity index (χ4v) is 5.67. The van der Waals surface area contributed by atoms with Gasteiger partial charge in [-0.25, -0.2) is 0 Å². The quantitative estimate of drug-likeness (QED) is 0.219. The maximum absolute atomic E-state index is 3.92. The van der Waals surface area contributed by atoms with Crippen LogP contribution in [0, 0.1) is 6.07 Å². The predicted octanol–water partition coefficient (Wildman–Crippen LogP) is 10.5. The molecule has 0 atom stereocenters. The molecule has 0 spiro atoms. The van der Waals surface area contributed by atoms with E-state index in [1.807, 2.05) is 0 Å². The average molecular weight is 482 g/mol. The zero-order valence-corrected chi connectivity index (χ0v) is 20.9. The predicted molar refractivity (Wildman–Crippen MR) is 162 cm³/mol. The van der Waals surface area contributed by atoms with Crippen LogP contribution in [0.25, 0.3) is 66.1 Å². The molecule has 0 saturated heterocycles. The lowest BCUT2D eigenvalue weighted by Gasteiger charge is -2.22. The number of fused-ring (bicyclic) bond motifs is 2. The lowest BCUT2D eigenvalue weighted by molar-refractivity contribution is 1.58. The van der Waals surface area contributed by atoms with Crippen molar-refractivity contribution in [2.75, 3.05) is 0 Å². The van der Waals surface area contributed by atoms with Gasteiger partial charge in [-0.05, 0) is 78.2 Å². The Balaban J connectivity index is 1.77. The van der Waals surface area contributed by atoms with Crippen molar-refractivity contribution in [3.8, 4) is 44.5 Å². The third-order valence-corrected chi connectivity index (χ3v) is 7.31. The van der Waals surface area contributed by atoms with Crippen LogP contribution in [0.15, 0.2) is 152 Å². The molecular weight excluding hydrogens is 456 g/mol. The summed E-state index contributed by atoms with van der Waals surface area (Å²) in [6.45, 7) is 0. The van der Waals surface area contributed by atoms with Gasteiger partial charge in [0.05, 0.1) is 0 Å². The van der Waals surface area contributed by atoms with Crippen LogP contribution >= 0.6 is 0 Å². The smallest absolute Gasteiger partial charge is 0.000696 e. The second-order valence-corrected chi connectivity index (χ2v) is 9.61. The Morgan fingerprint density at radius 1 is 0.368 bits per heavy atom. The van der Waals surface area contributed by atoms with Gasteiger partial charge in [0.1, 0.15) is 0 Å². The molecule has 0 aromatic heterocycles. The normalized spacial score (nSPS) is 11.2. The SMILES string of the molecule is [c]1c(-c2ccccc2)c(-c2ccccc2)c(-c2ccccc2)c2c(-c3ccccc3)c3ccccc3cc12. The molecular formula is C38H25. The summed E-state index contributed by atoms with van der Waals surface area (Å²) in [5, 5.41) is 4.84. The van der Waals surface area contributed by atoms with E-state index in [9.17, 15) is 0 Å². The van der Waals surface area contributed by atoms with Gasteiger partial charge in [0.2, 0.25) is 0 Å². The molecule has 0 aliphatic carbocycles. The van der Waals surface area contributed by atoms with Gasteiger partial charge in [-0.2, -0.15) is 0 Å². The molecule has 0 amide bonds. The fourth-order valence-electron chi connectivity index (χ4n) is 5.67. The van der Waals surface area contributed by atoms with E-state index in [1.54, 1.807) is 0 Å². The van der Waals surface area contributed by atoms with Crippen LogP contribution in [0.2, 0.25) is 0 Å². The lowest BCUT2D eigenvalue weighted by Crippen LogP contribution is -1.96. The van der Waals surface area contributed by atoms with Crippen LogP contribution < -0.4 is 0 Å². The molecule has 0 unspecified atom stereocenters. The van der Waals surface area contributed by atoms with Gasteiger partial charge in [-0.1, -0.05) is 146 Å². The van der Waals surface area contributed by atoms with Crippen molar-refractivity contribution < 1.29 is 0 Å². The van der Waals surface area contributed by atoms with Gasteiger partial charge >= 0.3 is 0 Å². The molecule has 0 N–H and O–H groups in total. The molecule has 0 heterocycles. The molecule has 1 radical (unpaired) electrons. The van der Waals surface area contributed by atoms with E-state index in [0.717, 1.165) is 10.9 Å². The van der Waals surface area contributed by atoms with Crippen molar-refractivity contribution in [3.05, 3.63) is 158 Å². The van der Waals surface area contributed by atoms with E-state index >= 15 is 0 Å². The summed E-state index contributed by atoms with van der Waals surface area (Å²) in [4.78, 5) is 0. The van der Waals surface area contributed by atoms with Crippen molar-refractivity contribution in [3.63, 3.8) is 0 Å². The molecule has 7 aromatic rings. The molecule has 0 aliphatic rings. The van der Waals surface area contributed by atoms with Crippen molar-refractivity contribution in [2.24, 2.45) is 0 Å². The second kappa shape index (κ2) is 9.50. The Morgan fingerprint density at radius 3 is 1.39 bits per heavy atom. The Labute approximate surface area is 223 Å². The highest BCUT2D eigenvalue weighted by Gasteiger charge is 2.22. The van der Waals surface area contributed by atoms with Gasteiger partial charge < -0.3 is 0 Å². The Kier molecular flexibility index (Phi) is 5.57. The first kappa shape index (κ1) is 22.3. The van der Waals surface area contributed by atoms with Gasteiger partial charge in [0.25, 0.3) is 0 Å². The average Bonchev–Trinajstić information content (AvgIpc) is 3.00. The lowest BCUT2D eigenvalue weighted by atomic mass is 9.80. The number of benzene rings is 7. The van der Waals surface area contributed by atoms with E-state index in [2.05, 4.69) is 158 Å². The monoisotopic (exact) mass is 481 g/mol. The van der Waals surface area contributed by atoms with Gasteiger partial charge in [0.15, 0.2) is 0 Å². The first-order valence-corrected chi connectivity index (χ1v) is 13.0. The third-order valence-electron chi connectivity index (χ3n) is 7.31. The largest absolute Gasteiger partial charge is 0.0622 e. The summed E-state index contributed by atoms with van der Waals surface area (Å²) >= 11 is 0. The van der Waals surface area contributed by atoms with Crippen molar-refractivity contribution in [1.29, 1.82) is 0 Å². The van der Waals surface area contributed by atoms with E-state index < -0.39 is 0 Å². The van der Waals surface area contributed by atoms with Gasteiger partial charge in [-0.15, -0.1) is 0 Å². The number of rotatable bonds is 4. The summed E-state index contributed by atoms with van der Waals surface area (Å²) < 4.78 is 0. The van der Waals surface area contributed by atoms with Crippen molar-refractivity contribution in [1.82, 2.24) is 0 Å². The highest BCUT2D eigenvalue weighted by Crippen LogP contribution is 2.49. The Morgan fingerprint density at radius 2 is 0.816 bits per heavy atom. The molecule has 0 bridgehead atoms. The third kappa shape index (κ3) is 3.79. The molecule has 7 aromatic carbocycles. The molecule has 0 aliphatic heterocycles. The zero-order chi connectivity index (χ0) is 25.3. The number of hydrogen-bond acceptors (Lipinski definition) is 0. The van der Waals surface area contributed by atoms with Gasteiger partial charge in [0, 0.05) is 0 Å². The Bertz CT molecular complexity index is 1870. The summed E-state index contributed by atoms with van der Waals surface area (Å²) in [5.41, 5.74) is 9.61. The van der Waals surface area contributed by atoms with Crippen molar-refractivity contribution >= 4 is 21.5 Å². The molecule has 0 nitrogen and oxygen atoms in total. The summed E-state index contributed by atoms with van der Waals surface area (Å²) in [6, 6.07) is 58.1. The van der Waals surface area contributed by atoms with Crippen LogP contribution in [0.5, 0.6) is 0 Å². The first-order chi connectivity index (χ1) is 18.9. The number of hydrogen-bond donors (Lipinski definition) is 0. The second-order valence-electron chi connectivity index (χ2n) is 9.61. The van der Waals surface area contributed by atoms with Crippen LogP contribution in [0.4, 0.5) is 0 Å². The molecule has 177 valence electrons. The first-order valence-electron chi connectivity index (χ1n) is 13.0. The van der Waals surface area contributed by atoms with Crippen LogP contribution in [0.1, 0.15) is 0 Å². The summed E-state index contributed by atoms with van der Waals surface area (Å²) in [6.07, 6.45) is 0. The molecule has 0 saturated carbocycles. The Hall–Kier alpha value is -4.94. The topological polar surface area (TPSA) is 0 Å². The van der Waals surface area contributed by atoms with E-state index in [0.29, 0.717) is 0 Å². The van der Waals surface area contributed by atoms with E-state index in [-0.39, 0.29) is 0 Å². The minimum atomic E-state index is 1.12. The summed E-state index contributed by atoms with van der Waals surface area (Å²) in [5.74, 6) is 0. The summed E-state index contributed by atoms with van der Waals surface area (Å²) in [7, 11) is 0. The highest BCUT2D eigenvalue weighted by atomic mass is 14.2. The highest BCUT2D eigenvalue weighted by molar-refractivity contribution is 6.21. The molecule has 0 fully saturated rings. The molecule has 0 heteroatoms. The van der Waals surface area contributed by atoms with Crippen LogP contribution in [-0.4, -0.2) is 0 Å². The van der Waals surface area contributed by atoms with Crippen LogP contribution in [-0.2, 0) is 0 Å².